The van der Waals surface area contributed by atoms with Crippen LogP contribution in [0.25, 0.3) is 0 Å². The minimum absolute atomic E-state index is 0.0804. The molecule has 0 amide bonds. The standard InChI is InChI=1S/C64H106O5/c1-3-5-7-9-11-13-15-17-19-21-23-25-26-27-28-29-30-31-32-33-34-35-36-37-38-39-41-43-45-47-49-51-53-55-57-59-64(67)69-62(60-65)61-68-63(66)58-56-54-52-50-48-46-44-42-40-24-22-20-18-16-14-12-10-8-6-4-2/h5,7,11,13,17,19,23,25,27-28,30-31,33-34,36-37,39,41,45,47,62,65H,3-4,6,8-10,12,14-16,18,20-22,24,26,29,32,35,38,40,42-44,46,48-61H2,1-2H3/b7-5-,13-11-,19-17-,25-23-,28-27-,31-30-,34-33-,37-36-,41-39-,47-45-. The Hall–Kier alpha value is -3.70. The lowest BCUT2D eigenvalue weighted by atomic mass is 10.0. The number of hydrogen-bond acceptors (Lipinski definition) is 5. The molecule has 0 aliphatic rings. The van der Waals surface area contributed by atoms with Crippen LogP contribution < -0.4 is 0 Å². The monoisotopic (exact) mass is 955 g/mol. The topological polar surface area (TPSA) is 72.8 Å². The van der Waals surface area contributed by atoms with E-state index >= 15 is 0 Å². The second kappa shape index (κ2) is 58.6. The van der Waals surface area contributed by atoms with Gasteiger partial charge in [0.05, 0.1) is 6.61 Å². The van der Waals surface area contributed by atoms with Gasteiger partial charge in [0.25, 0.3) is 0 Å². The Bertz CT molecular complexity index is 1400. The van der Waals surface area contributed by atoms with Gasteiger partial charge in [-0.05, 0) is 89.9 Å². The molecule has 0 aromatic heterocycles. The van der Waals surface area contributed by atoms with E-state index in [0.29, 0.717) is 12.8 Å². The van der Waals surface area contributed by atoms with Crippen LogP contribution in [0, 0.1) is 0 Å². The molecule has 0 saturated heterocycles. The first-order valence-electron chi connectivity index (χ1n) is 28.6. The highest BCUT2D eigenvalue weighted by Crippen LogP contribution is 2.16. The molecule has 0 fully saturated rings. The van der Waals surface area contributed by atoms with E-state index in [2.05, 4.69) is 135 Å². The van der Waals surface area contributed by atoms with Crippen LogP contribution >= 0.6 is 0 Å². The van der Waals surface area contributed by atoms with E-state index in [-0.39, 0.29) is 25.2 Å². The van der Waals surface area contributed by atoms with Crippen LogP contribution in [0.15, 0.2) is 122 Å². The molecule has 0 aliphatic heterocycles. The molecular formula is C64H106O5. The molecule has 1 unspecified atom stereocenters. The van der Waals surface area contributed by atoms with Gasteiger partial charge in [0.2, 0.25) is 0 Å². The van der Waals surface area contributed by atoms with Crippen molar-refractivity contribution in [1.82, 2.24) is 0 Å². The Morgan fingerprint density at radius 3 is 0.942 bits per heavy atom. The van der Waals surface area contributed by atoms with E-state index in [9.17, 15) is 14.7 Å². The van der Waals surface area contributed by atoms with Gasteiger partial charge in [0.15, 0.2) is 6.10 Å². The molecule has 5 heteroatoms. The summed E-state index contributed by atoms with van der Waals surface area (Å²) in [5.74, 6) is -0.619. The van der Waals surface area contributed by atoms with Gasteiger partial charge in [0, 0.05) is 12.8 Å². The third kappa shape index (κ3) is 56.8. The second-order valence-corrected chi connectivity index (χ2v) is 18.6. The van der Waals surface area contributed by atoms with Crippen LogP contribution in [0.5, 0.6) is 0 Å². The first-order chi connectivity index (χ1) is 34.1. The number of allylic oxidation sites excluding steroid dienone is 20. The molecule has 0 aliphatic carbocycles. The van der Waals surface area contributed by atoms with Crippen molar-refractivity contribution in [3.05, 3.63) is 122 Å². The van der Waals surface area contributed by atoms with Crippen molar-refractivity contribution in [2.75, 3.05) is 13.2 Å². The molecule has 0 heterocycles. The molecule has 69 heavy (non-hydrogen) atoms. The fraction of sp³-hybridized carbons (Fsp3) is 0.656. The molecule has 5 nitrogen and oxygen atoms in total. The summed E-state index contributed by atoms with van der Waals surface area (Å²) in [5, 5.41) is 9.65. The summed E-state index contributed by atoms with van der Waals surface area (Å²) < 4.78 is 10.7. The Labute approximate surface area is 426 Å². The lowest BCUT2D eigenvalue weighted by molar-refractivity contribution is -0.161. The largest absolute Gasteiger partial charge is 0.462 e. The molecule has 392 valence electrons. The van der Waals surface area contributed by atoms with Gasteiger partial charge < -0.3 is 14.6 Å². The predicted molar refractivity (Wildman–Crippen MR) is 302 cm³/mol. The highest BCUT2D eigenvalue weighted by atomic mass is 16.6. The van der Waals surface area contributed by atoms with E-state index in [1.54, 1.807) is 0 Å². The quantitative estimate of drug-likeness (QED) is 0.0374. The van der Waals surface area contributed by atoms with E-state index in [1.165, 1.54) is 109 Å². The van der Waals surface area contributed by atoms with Crippen LogP contribution in [-0.4, -0.2) is 36.4 Å². The molecule has 0 saturated carbocycles. The number of ether oxygens (including phenoxy) is 2. The number of carbonyl (C=O) groups is 2. The minimum atomic E-state index is -0.793. The summed E-state index contributed by atoms with van der Waals surface area (Å²) in [5.41, 5.74) is 0. The highest BCUT2D eigenvalue weighted by Gasteiger charge is 2.16. The summed E-state index contributed by atoms with van der Waals surface area (Å²) in [7, 11) is 0. The third-order valence-corrected chi connectivity index (χ3v) is 12.0. The highest BCUT2D eigenvalue weighted by molar-refractivity contribution is 5.70. The number of esters is 2. The van der Waals surface area contributed by atoms with Crippen molar-refractivity contribution in [2.45, 2.75) is 258 Å². The number of unbranched alkanes of at least 4 members (excludes halogenated alkanes) is 23. The number of hydrogen-bond donors (Lipinski definition) is 1. The SMILES string of the molecule is CC/C=C\C/C=C\C/C=C\C/C=C\C/C=C\C/C=C\C/C=C\C/C=C\C/C=C\C/C=C\CCCCCCC(=O)OC(CO)COC(=O)CCCCCCCCCCCCCCCCCCCCCC. The maximum absolute atomic E-state index is 12.3. The van der Waals surface area contributed by atoms with Crippen LogP contribution in [0.1, 0.15) is 251 Å². The number of aliphatic hydroxyl groups excluding tert-OH is 1. The first-order valence-corrected chi connectivity index (χ1v) is 28.6. The van der Waals surface area contributed by atoms with E-state index in [1.807, 2.05) is 0 Å². The molecule has 1 N–H and O–H groups in total. The van der Waals surface area contributed by atoms with Crippen molar-refractivity contribution in [3.8, 4) is 0 Å². The smallest absolute Gasteiger partial charge is 0.306 e. The zero-order valence-corrected chi connectivity index (χ0v) is 44.8. The number of carbonyl (C=O) groups excluding carboxylic acids is 2. The lowest BCUT2D eigenvalue weighted by Gasteiger charge is -2.15. The van der Waals surface area contributed by atoms with Crippen LogP contribution in [0.4, 0.5) is 0 Å². The zero-order chi connectivity index (χ0) is 49.9. The maximum atomic E-state index is 12.3. The van der Waals surface area contributed by atoms with Crippen LogP contribution in [0.3, 0.4) is 0 Å². The fourth-order valence-corrected chi connectivity index (χ4v) is 7.76. The van der Waals surface area contributed by atoms with E-state index in [0.717, 1.165) is 116 Å². The summed E-state index contributed by atoms with van der Waals surface area (Å²) in [4.78, 5) is 24.5. The van der Waals surface area contributed by atoms with Crippen molar-refractivity contribution in [3.63, 3.8) is 0 Å². The normalized spacial score (nSPS) is 13.1. The van der Waals surface area contributed by atoms with Gasteiger partial charge in [-0.15, -0.1) is 0 Å². The molecule has 0 rings (SSSR count). The first kappa shape index (κ1) is 65.3. The van der Waals surface area contributed by atoms with Gasteiger partial charge >= 0.3 is 11.9 Å². The third-order valence-electron chi connectivity index (χ3n) is 12.0. The summed E-state index contributed by atoms with van der Waals surface area (Å²) in [6, 6.07) is 0. The van der Waals surface area contributed by atoms with Crippen molar-refractivity contribution >= 4 is 11.9 Å². The minimum Gasteiger partial charge on any atom is -0.462 e. The van der Waals surface area contributed by atoms with Crippen molar-refractivity contribution < 1.29 is 24.2 Å². The van der Waals surface area contributed by atoms with Crippen molar-refractivity contribution in [2.24, 2.45) is 0 Å². The van der Waals surface area contributed by atoms with Crippen LogP contribution in [0.2, 0.25) is 0 Å². The number of aliphatic hydroxyl groups is 1. The molecule has 0 radical (unpaired) electrons. The fourth-order valence-electron chi connectivity index (χ4n) is 7.76. The van der Waals surface area contributed by atoms with Crippen molar-refractivity contribution in [1.29, 1.82) is 0 Å². The molecule has 0 spiro atoms. The Morgan fingerprint density at radius 1 is 0.348 bits per heavy atom. The average molecular weight is 956 g/mol. The molecular weight excluding hydrogens is 849 g/mol. The summed E-state index contributed by atoms with van der Waals surface area (Å²) >= 11 is 0. The maximum Gasteiger partial charge on any atom is 0.306 e. The Kier molecular flexibility index (Phi) is 55.5. The second-order valence-electron chi connectivity index (χ2n) is 18.6. The van der Waals surface area contributed by atoms with Gasteiger partial charge in [-0.2, -0.15) is 0 Å². The summed E-state index contributed by atoms with van der Waals surface area (Å²) in [6.45, 7) is 4.02. The lowest BCUT2D eigenvalue weighted by Crippen LogP contribution is -2.28. The van der Waals surface area contributed by atoms with Gasteiger partial charge in [0.1, 0.15) is 6.61 Å². The molecule has 0 aromatic rings. The van der Waals surface area contributed by atoms with E-state index in [4.69, 9.17) is 9.47 Å². The van der Waals surface area contributed by atoms with Gasteiger partial charge in [-0.1, -0.05) is 270 Å². The molecule has 1 atom stereocenters. The van der Waals surface area contributed by atoms with Crippen LogP contribution in [-0.2, 0) is 19.1 Å². The molecule has 0 bridgehead atoms. The Balaban J connectivity index is 3.63. The average Bonchev–Trinajstić information content (AvgIpc) is 3.35. The number of rotatable bonds is 51. The van der Waals surface area contributed by atoms with Gasteiger partial charge in [-0.3, -0.25) is 9.59 Å². The zero-order valence-electron chi connectivity index (χ0n) is 44.8. The van der Waals surface area contributed by atoms with Gasteiger partial charge in [-0.25, -0.2) is 0 Å². The molecule has 0 aromatic carbocycles. The van der Waals surface area contributed by atoms with E-state index < -0.39 is 6.10 Å². The summed E-state index contributed by atoms with van der Waals surface area (Å²) in [6.07, 6.45) is 85.9. The Morgan fingerprint density at radius 2 is 0.623 bits per heavy atom. The predicted octanol–water partition coefficient (Wildman–Crippen LogP) is 19.5.